The van der Waals surface area contributed by atoms with Crippen molar-refractivity contribution in [3.05, 3.63) is 36.5 Å². The molecule has 3 rings (SSSR count). The average molecular weight is 215 g/mol. The molecule has 2 N–H and O–H groups in total. The molecule has 2 heterocycles. The van der Waals surface area contributed by atoms with E-state index in [1.54, 1.807) is 12.3 Å². The molecule has 0 aliphatic carbocycles. The maximum absolute atomic E-state index is 9.82. The Hall–Kier alpha value is -1.81. The highest BCUT2D eigenvalue weighted by Crippen LogP contribution is 2.30. The normalized spacial score (nSPS) is 16.0. The van der Waals surface area contributed by atoms with E-state index in [1.165, 1.54) is 0 Å². The Bertz CT molecular complexity index is 502. The number of rotatable bonds is 2. The third-order valence-electron chi connectivity index (χ3n) is 2.96. The summed E-state index contributed by atoms with van der Waals surface area (Å²) in [7, 11) is 0. The first-order chi connectivity index (χ1) is 7.86. The predicted octanol–water partition coefficient (Wildman–Crippen LogP) is 1.40. The largest absolute Gasteiger partial charge is 0.507 e. The predicted molar refractivity (Wildman–Crippen MR) is 61.2 cm³/mol. The monoisotopic (exact) mass is 215 g/mol. The van der Waals surface area contributed by atoms with Crippen molar-refractivity contribution in [2.75, 3.05) is 13.1 Å². The van der Waals surface area contributed by atoms with Crippen LogP contribution in [0.25, 0.3) is 11.3 Å². The first-order valence-corrected chi connectivity index (χ1v) is 5.39. The van der Waals surface area contributed by atoms with Crippen LogP contribution in [0, 0.1) is 0 Å². The van der Waals surface area contributed by atoms with Gasteiger partial charge in [-0.2, -0.15) is 5.10 Å². The van der Waals surface area contributed by atoms with Gasteiger partial charge in [0.2, 0.25) is 0 Å². The smallest absolute Gasteiger partial charge is 0.124 e. The van der Waals surface area contributed by atoms with Gasteiger partial charge in [0, 0.05) is 24.8 Å². The highest BCUT2D eigenvalue weighted by molar-refractivity contribution is 5.66. The van der Waals surface area contributed by atoms with Crippen molar-refractivity contribution in [1.82, 2.24) is 15.1 Å². The molecule has 0 spiro atoms. The van der Waals surface area contributed by atoms with Gasteiger partial charge in [-0.05, 0) is 18.2 Å². The van der Waals surface area contributed by atoms with E-state index in [1.807, 2.05) is 28.9 Å². The Morgan fingerprint density at radius 3 is 2.75 bits per heavy atom. The Labute approximate surface area is 93.5 Å². The maximum Gasteiger partial charge on any atom is 0.124 e. The molecule has 2 aromatic rings. The molecule has 82 valence electrons. The maximum atomic E-state index is 9.82. The van der Waals surface area contributed by atoms with Crippen molar-refractivity contribution in [2.24, 2.45) is 0 Å². The van der Waals surface area contributed by atoms with Gasteiger partial charge in [0.1, 0.15) is 5.75 Å². The molecule has 1 saturated heterocycles. The second-order valence-corrected chi connectivity index (χ2v) is 3.99. The minimum absolute atomic E-state index is 0.302. The Balaban J connectivity index is 2.06. The SMILES string of the molecule is Oc1ccccc1-c1ccnn1C1CNC1. The Morgan fingerprint density at radius 1 is 1.25 bits per heavy atom. The molecule has 1 aliphatic rings. The van der Waals surface area contributed by atoms with Crippen molar-refractivity contribution in [2.45, 2.75) is 6.04 Å². The van der Waals surface area contributed by atoms with Crippen molar-refractivity contribution < 1.29 is 5.11 Å². The quantitative estimate of drug-likeness (QED) is 0.796. The summed E-state index contributed by atoms with van der Waals surface area (Å²) in [4.78, 5) is 0. The number of aromatic nitrogens is 2. The molecule has 1 aromatic carbocycles. The molecular weight excluding hydrogens is 202 g/mol. The van der Waals surface area contributed by atoms with Gasteiger partial charge in [0.05, 0.1) is 11.7 Å². The van der Waals surface area contributed by atoms with Crippen LogP contribution in [0.3, 0.4) is 0 Å². The standard InChI is InChI=1S/C12H13N3O/c16-12-4-2-1-3-10(12)11-5-6-14-15(11)9-7-13-8-9/h1-6,9,13,16H,7-8H2. The number of hydrogen-bond donors (Lipinski definition) is 2. The summed E-state index contributed by atoms with van der Waals surface area (Å²) in [6.07, 6.45) is 1.78. The summed E-state index contributed by atoms with van der Waals surface area (Å²) in [5.41, 5.74) is 1.82. The molecule has 4 nitrogen and oxygen atoms in total. The fourth-order valence-electron chi connectivity index (χ4n) is 1.96. The molecule has 0 bridgehead atoms. The van der Waals surface area contributed by atoms with Gasteiger partial charge in [-0.25, -0.2) is 0 Å². The number of hydrogen-bond acceptors (Lipinski definition) is 3. The number of para-hydroxylation sites is 1. The molecule has 0 amide bonds. The van der Waals surface area contributed by atoms with E-state index in [0.29, 0.717) is 11.8 Å². The zero-order valence-electron chi connectivity index (χ0n) is 8.80. The fraction of sp³-hybridized carbons (Fsp3) is 0.250. The molecule has 1 fully saturated rings. The van der Waals surface area contributed by atoms with Crippen LogP contribution in [0.2, 0.25) is 0 Å². The summed E-state index contributed by atoms with van der Waals surface area (Å²) < 4.78 is 1.98. The minimum Gasteiger partial charge on any atom is -0.507 e. The van der Waals surface area contributed by atoms with E-state index in [2.05, 4.69) is 10.4 Å². The van der Waals surface area contributed by atoms with Gasteiger partial charge in [-0.3, -0.25) is 4.68 Å². The number of nitrogens with one attached hydrogen (secondary N) is 1. The van der Waals surface area contributed by atoms with Crippen LogP contribution in [0.15, 0.2) is 36.5 Å². The van der Waals surface area contributed by atoms with Gasteiger partial charge < -0.3 is 10.4 Å². The van der Waals surface area contributed by atoms with Crippen molar-refractivity contribution >= 4 is 0 Å². The second-order valence-electron chi connectivity index (χ2n) is 3.99. The van der Waals surface area contributed by atoms with Crippen LogP contribution in [0.4, 0.5) is 0 Å². The van der Waals surface area contributed by atoms with Crippen LogP contribution in [0.1, 0.15) is 6.04 Å². The van der Waals surface area contributed by atoms with Crippen LogP contribution in [-0.4, -0.2) is 28.0 Å². The van der Waals surface area contributed by atoms with Crippen molar-refractivity contribution in [3.8, 4) is 17.0 Å². The van der Waals surface area contributed by atoms with Gasteiger partial charge in [-0.1, -0.05) is 12.1 Å². The number of nitrogens with zero attached hydrogens (tertiary/aromatic N) is 2. The third kappa shape index (κ3) is 1.39. The van der Waals surface area contributed by atoms with E-state index in [0.717, 1.165) is 24.3 Å². The molecule has 0 saturated carbocycles. The van der Waals surface area contributed by atoms with Gasteiger partial charge in [-0.15, -0.1) is 0 Å². The molecule has 1 aliphatic heterocycles. The van der Waals surface area contributed by atoms with Gasteiger partial charge in [0.25, 0.3) is 0 Å². The first-order valence-electron chi connectivity index (χ1n) is 5.39. The Kier molecular flexibility index (Phi) is 2.15. The average Bonchev–Trinajstić information content (AvgIpc) is 2.65. The summed E-state index contributed by atoms with van der Waals surface area (Å²) in [6, 6.07) is 9.70. The molecule has 0 unspecified atom stereocenters. The van der Waals surface area contributed by atoms with Crippen LogP contribution < -0.4 is 5.32 Å². The number of phenols is 1. The lowest BCUT2D eigenvalue weighted by atomic mass is 10.1. The molecular formula is C12H13N3O. The van der Waals surface area contributed by atoms with Crippen molar-refractivity contribution in [3.63, 3.8) is 0 Å². The highest BCUT2D eigenvalue weighted by Gasteiger charge is 2.22. The van der Waals surface area contributed by atoms with E-state index in [9.17, 15) is 5.11 Å². The summed E-state index contributed by atoms with van der Waals surface area (Å²) in [5, 5.41) is 17.4. The topological polar surface area (TPSA) is 50.1 Å². The minimum atomic E-state index is 0.302. The molecule has 0 radical (unpaired) electrons. The molecule has 4 heteroatoms. The second kappa shape index (κ2) is 3.64. The van der Waals surface area contributed by atoms with E-state index < -0.39 is 0 Å². The fourth-order valence-corrected chi connectivity index (χ4v) is 1.96. The van der Waals surface area contributed by atoms with Gasteiger partial charge >= 0.3 is 0 Å². The Morgan fingerprint density at radius 2 is 2.06 bits per heavy atom. The van der Waals surface area contributed by atoms with Gasteiger partial charge in [0.15, 0.2) is 0 Å². The zero-order valence-corrected chi connectivity index (χ0v) is 8.80. The van der Waals surface area contributed by atoms with Crippen LogP contribution >= 0.6 is 0 Å². The third-order valence-corrected chi connectivity index (χ3v) is 2.96. The summed E-state index contributed by atoms with van der Waals surface area (Å²) in [6.45, 7) is 1.89. The lowest BCUT2D eigenvalue weighted by molar-refractivity contribution is 0.321. The lowest BCUT2D eigenvalue weighted by Crippen LogP contribution is -2.44. The first kappa shape index (κ1) is 9.42. The highest BCUT2D eigenvalue weighted by atomic mass is 16.3. The van der Waals surface area contributed by atoms with Crippen LogP contribution in [0.5, 0.6) is 5.75 Å². The van der Waals surface area contributed by atoms with E-state index in [-0.39, 0.29) is 0 Å². The lowest BCUT2D eigenvalue weighted by Gasteiger charge is -2.29. The molecule has 16 heavy (non-hydrogen) atoms. The summed E-state index contributed by atoms with van der Waals surface area (Å²) in [5.74, 6) is 0.302. The zero-order chi connectivity index (χ0) is 11.0. The molecule has 1 aromatic heterocycles. The van der Waals surface area contributed by atoms with E-state index >= 15 is 0 Å². The van der Waals surface area contributed by atoms with E-state index in [4.69, 9.17) is 0 Å². The number of phenolic OH excluding ortho intramolecular Hbond substituents is 1. The number of benzene rings is 1. The van der Waals surface area contributed by atoms with Crippen LogP contribution in [-0.2, 0) is 0 Å². The summed E-state index contributed by atoms with van der Waals surface area (Å²) >= 11 is 0. The number of aromatic hydroxyl groups is 1. The molecule has 0 atom stereocenters. The van der Waals surface area contributed by atoms with Crippen molar-refractivity contribution in [1.29, 1.82) is 0 Å².